The molecule has 1 rings (SSSR count). The normalized spacial score (nSPS) is 11.7. The van der Waals surface area contributed by atoms with Crippen LogP contribution in [0.25, 0.3) is 0 Å². The standard InChI is InChI=1S/C14H20N2O4/c1-3-4-10(13(18)19)9-15-14(20)16(2)11-5-7-12(17)8-6-11/h5-8,10,17H,3-4,9H2,1-2H3,(H,15,20)(H,18,19). The van der Waals surface area contributed by atoms with Gasteiger partial charge in [-0.1, -0.05) is 13.3 Å². The number of nitrogens with zero attached hydrogens (tertiary/aromatic N) is 1. The third-order valence-electron chi connectivity index (χ3n) is 3.03. The quantitative estimate of drug-likeness (QED) is 0.743. The lowest BCUT2D eigenvalue weighted by molar-refractivity contribution is -0.141. The molecule has 0 aliphatic heterocycles. The summed E-state index contributed by atoms with van der Waals surface area (Å²) < 4.78 is 0. The molecule has 0 aromatic heterocycles. The Morgan fingerprint density at radius 3 is 2.40 bits per heavy atom. The first-order valence-electron chi connectivity index (χ1n) is 6.49. The molecule has 0 saturated heterocycles. The Kier molecular flexibility index (Phi) is 5.83. The Morgan fingerprint density at radius 1 is 1.30 bits per heavy atom. The molecule has 1 aromatic rings. The predicted octanol–water partition coefficient (Wildman–Crippen LogP) is 2.04. The van der Waals surface area contributed by atoms with Crippen molar-refractivity contribution in [3.8, 4) is 5.75 Å². The van der Waals surface area contributed by atoms with E-state index in [1.807, 2.05) is 6.92 Å². The van der Waals surface area contributed by atoms with Crippen molar-refractivity contribution in [3.63, 3.8) is 0 Å². The van der Waals surface area contributed by atoms with Crippen molar-refractivity contribution in [2.24, 2.45) is 5.92 Å². The first-order chi connectivity index (χ1) is 9.45. The zero-order valence-electron chi connectivity index (χ0n) is 11.7. The number of carbonyl (C=O) groups excluding carboxylic acids is 1. The first-order valence-corrected chi connectivity index (χ1v) is 6.49. The second-order valence-electron chi connectivity index (χ2n) is 4.59. The van der Waals surface area contributed by atoms with Gasteiger partial charge < -0.3 is 15.5 Å². The number of aromatic hydroxyl groups is 1. The summed E-state index contributed by atoms with van der Waals surface area (Å²) in [5.41, 5.74) is 0.614. The molecule has 1 aromatic carbocycles. The molecular formula is C14H20N2O4. The molecule has 1 atom stereocenters. The Hall–Kier alpha value is -2.24. The molecule has 6 nitrogen and oxygen atoms in total. The summed E-state index contributed by atoms with van der Waals surface area (Å²) in [5.74, 6) is -1.35. The van der Waals surface area contributed by atoms with Gasteiger partial charge in [-0.3, -0.25) is 9.69 Å². The summed E-state index contributed by atoms with van der Waals surface area (Å²) in [6.07, 6.45) is 1.28. The van der Waals surface area contributed by atoms with Crippen LogP contribution in [0.5, 0.6) is 5.75 Å². The van der Waals surface area contributed by atoms with Crippen molar-refractivity contribution >= 4 is 17.7 Å². The minimum atomic E-state index is -0.903. The van der Waals surface area contributed by atoms with Crippen LogP contribution < -0.4 is 10.2 Å². The molecule has 0 spiro atoms. The Morgan fingerprint density at radius 2 is 1.90 bits per heavy atom. The van der Waals surface area contributed by atoms with E-state index in [4.69, 9.17) is 5.11 Å². The fourth-order valence-electron chi connectivity index (χ4n) is 1.78. The number of rotatable bonds is 6. The van der Waals surface area contributed by atoms with Crippen molar-refractivity contribution in [2.45, 2.75) is 19.8 Å². The van der Waals surface area contributed by atoms with Gasteiger partial charge in [0, 0.05) is 19.3 Å². The van der Waals surface area contributed by atoms with Crippen LogP contribution in [0.15, 0.2) is 24.3 Å². The molecule has 0 aliphatic carbocycles. The molecular weight excluding hydrogens is 260 g/mol. The van der Waals surface area contributed by atoms with Gasteiger partial charge >= 0.3 is 12.0 Å². The van der Waals surface area contributed by atoms with Crippen LogP contribution in [0.3, 0.4) is 0 Å². The second kappa shape index (κ2) is 7.37. The van der Waals surface area contributed by atoms with Gasteiger partial charge in [0.25, 0.3) is 0 Å². The van der Waals surface area contributed by atoms with E-state index < -0.39 is 11.9 Å². The van der Waals surface area contributed by atoms with E-state index in [0.717, 1.165) is 6.42 Å². The highest BCUT2D eigenvalue weighted by Gasteiger charge is 2.18. The number of anilines is 1. The van der Waals surface area contributed by atoms with Crippen LogP contribution in [-0.2, 0) is 4.79 Å². The number of phenols is 1. The first kappa shape index (κ1) is 15.8. The zero-order chi connectivity index (χ0) is 15.1. The molecule has 1 unspecified atom stereocenters. The second-order valence-corrected chi connectivity index (χ2v) is 4.59. The van der Waals surface area contributed by atoms with Crippen LogP contribution in [0, 0.1) is 5.92 Å². The summed E-state index contributed by atoms with van der Waals surface area (Å²) in [4.78, 5) is 24.3. The highest BCUT2D eigenvalue weighted by molar-refractivity contribution is 5.91. The number of carboxylic acid groups (broad SMARTS) is 1. The van der Waals surface area contributed by atoms with E-state index in [9.17, 15) is 14.7 Å². The molecule has 0 fully saturated rings. The van der Waals surface area contributed by atoms with E-state index in [-0.39, 0.29) is 18.3 Å². The maximum Gasteiger partial charge on any atom is 0.321 e. The number of hydrogen-bond acceptors (Lipinski definition) is 3. The molecule has 0 radical (unpaired) electrons. The third-order valence-corrected chi connectivity index (χ3v) is 3.03. The van der Waals surface area contributed by atoms with E-state index in [0.29, 0.717) is 12.1 Å². The maximum absolute atomic E-state index is 11.9. The van der Waals surface area contributed by atoms with E-state index >= 15 is 0 Å². The fourth-order valence-corrected chi connectivity index (χ4v) is 1.78. The average Bonchev–Trinajstić information content (AvgIpc) is 2.42. The van der Waals surface area contributed by atoms with Gasteiger partial charge in [0.2, 0.25) is 0 Å². The molecule has 0 heterocycles. The van der Waals surface area contributed by atoms with Gasteiger partial charge in [-0.15, -0.1) is 0 Å². The number of carbonyl (C=O) groups is 2. The van der Waals surface area contributed by atoms with Crippen LogP contribution in [0.2, 0.25) is 0 Å². The summed E-state index contributed by atoms with van der Waals surface area (Å²) in [6, 6.07) is 5.80. The summed E-state index contributed by atoms with van der Waals surface area (Å²) >= 11 is 0. The van der Waals surface area contributed by atoms with Crippen LogP contribution >= 0.6 is 0 Å². The van der Waals surface area contributed by atoms with Crippen molar-refractivity contribution in [2.75, 3.05) is 18.5 Å². The van der Waals surface area contributed by atoms with Crippen LogP contribution in [-0.4, -0.2) is 35.8 Å². The van der Waals surface area contributed by atoms with Crippen LogP contribution in [0.1, 0.15) is 19.8 Å². The zero-order valence-corrected chi connectivity index (χ0v) is 11.7. The van der Waals surface area contributed by atoms with Gasteiger partial charge in [0.1, 0.15) is 5.75 Å². The van der Waals surface area contributed by atoms with E-state index in [1.165, 1.54) is 17.0 Å². The van der Waals surface area contributed by atoms with Gasteiger partial charge in [0.05, 0.1) is 5.92 Å². The summed E-state index contributed by atoms with van der Waals surface area (Å²) in [5, 5.41) is 20.8. The molecule has 0 saturated carbocycles. The predicted molar refractivity (Wildman–Crippen MR) is 75.9 cm³/mol. The molecule has 20 heavy (non-hydrogen) atoms. The molecule has 6 heteroatoms. The van der Waals surface area contributed by atoms with Crippen molar-refractivity contribution in [1.82, 2.24) is 5.32 Å². The molecule has 2 amide bonds. The molecule has 0 bridgehead atoms. The lowest BCUT2D eigenvalue weighted by Gasteiger charge is -2.20. The Labute approximate surface area is 118 Å². The minimum absolute atomic E-state index is 0.102. The minimum Gasteiger partial charge on any atom is -0.508 e. The largest absolute Gasteiger partial charge is 0.508 e. The Balaban J connectivity index is 2.57. The van der Waals surface area contributed by atoms with Crippen molar-refractivity contribution in [3.05, 3.63) is 24.3 Å². The maximum atomic E-state index is 11.9. The lowest BCUT2D eigenvalue weighted by Crippen LogP contribution is -2.41. The SMILES string of the molecule is CCCC(CNC(=O)N(C)c1ccc(O)cc1)C(=O)O. The van der Waals surface area contributed by atoms with Crippen molar-refractivity contribution < 1.29 is 19.8 Å². The topological polar surface area (TPSA) is 89.9 Å². The molecule has 0 aliphatic rings. The lowest BCUT2D eigenvalue weighted by atomic mass is 10.0. The molecule has 110 valence electrons. The summed E-state index contributed by atoms with van der Waals surface area (Å²) in [7, 11) is 1.58. The number of amides is 2. The van der Waals surface area contributed by atoms with Gasteiger partial charge in [0.15, 0.2) is 0 Å². The van der Waals surface area contributed by atoms with Gasteiger partial charge in [-0.25, -0.2) is 4.79 Å². The fraction of sp³-hybridized carbons (Fsp3) is 0.429. The monoisotopic (exact) mass is 280 g/mol. The number of urea groups is 1. The van der Waals surface area contributed by atoms with Crippen LogP contribution in [0.4, 0.5) is 10.5 Å². The Bertz CT molecular complexity index is 459. The van der Waals surface area contributed by atoms with Gasteiger partial charge in [-0.2, -0.15) is 0 Å². The molecule has 3 N–H and O–H groups in total. The number of nitrogens with one attached hydrogen (secondary N) is 1. The summed E-state index contributed by atoms with van der Waals surface area (Å²) in [6.45, 7) is 2.00. The number of hydrogen-bond donors (Lipinski definition) is 3. The van der Waals surface area contributed by atoms with E-state index in [1.54, 1.807) is 19.2 Å². The highest BCUT2D eigenvalue weighted by Crippen LogP contribution is 2.17. The number of carboxylic acids is 1. The average molecular weight is 280 g/mol. The van der Waals surface area contributed by atoms with Crippen molar-refractivity contribution in [1.29, 1.82) is 0 Å². The number of phenolic OH excluding ortho intramolecular Hbond substituents is 1. The smallest absolute Gasteiger partial charge is 0.321 e. The highest BCUT2D eigenvalue weighted by atomic mass is 16.4. The number of aliphatic carboxylic acids is 1. The third kappa shape index (κ3) is 4.46. The van der Waals surface area contributed by atoms with E-state index in [2.05, 4.69) is 5.32 Å². The van der Waals surface area contributed by atoms with Gasteiger partial charge in [-0.05, 0) is 30.7 Å². The number of benzene rings is 1.